The fraction of sp³-hybridized carbons (Fsp3) is 0.312. The van der Waals surface area contributed by atoms with Crippen LogP contribution in [0.2, 0.25) is 0 Å². The van der Waals surface area contributed by atoms with Crippen LogP contribution < -0.4 is 4.74 Å². The largest absolute Gasteiger partial charge is 0.665 e. The minimum absolute atomic E-state index is 0. The molecule has 0 bridgehead atoms. The summed E-state index contributed by atoms with van der Waals surface area (Å²) in [7, 11) is 3.41. The SMILES string of the molecule is CC.[CH2-]Oc1cccc(Cc2cnc(C)nc2C)c1.[W]. The molecule has 0 radical (unpaired) electrons. The van der Waals surface area contributed by atoms with Crippen LogP contribution in [0.15, 0.2) is 30.5 Å². The molecule has 2 rings (SSSR count). The Hall–Kier alpha value is -1.21. The second kappa shape index (κ2) is 9.65. The van der Waals surface area contributed by atoms with Crippen molar-refractivity contribution < 1.29 is 25.8 Å². The Labute approximate surface area is 136 Å². The summed E-state index contributed by atoms with van der Waals surface area (Å²) in [6.07, 6.45) is 2.69. The van der Waals surface area contributed by atoms with Crippen LogP contribution in [0.1, 0.15) is 36.5 Å². The first kappa shape index (κ1) is 18.8. The van der Waals surface area contributed by atoms with Crippen LogP contribution in [-0.4, -0.2) is 9.97 Å². The fourth-order valence-electron chi connectivity index (χ4n) is 1.75. The van der Waals surface area contributed by atoms with E-state index in [9.17, 15) is 0 Å². The molecule has 2 aromatic rings. The van der Waals surface area contributed by atoms with Gasteiger partial charge in [0.15, 0.2) is 0 Å². The van der Waals surface area contributed by atoms with Gasteiger partial charge in [-0.1, -0.05) is 26.0 Å². The van der Waals surface area contributed by atoms with Gasteiger partial charge < -0.3 is 4.74 Å². The van der Waals surface area contributed by atoms with Crippen LogP contribution >= 0.6 is 0 Å². The quantitative estimate of drug-likeness (QED) is 0.679. The average Bonchev–Trinajstić information content (AvgIpc) is 2.44. The molecule has 4 heteroatoms. The molecule has 3 nitrogen and oxygen atoms in total. The first-order valence-corrected chi connectivity index (χ1v) is 6.49. The molecule has 0 amide bonds. The molecule has 0 aliphatic carbocycles. The Morgan fingerprint density at radius 1 is 1.20 bits per heavy atom. The molecule has 0 fully saturated rings. The summed E-state index contributed by atoms with van der Waals surface area (Å²) in [4.78, 5) is 8.58. The van der Waals surface area contributed by atoms with Crippen molar-refractivity contribution in [3.05, 3.63) is 60.2 Å². The maximum absolute atomic E-state index is 4.96. The van der Waals surface area contributed by atoms with Crippen LogP contribution in [0.25, 0.3) is 0 Å². The Morgan fingerprint density at radius 3 is 2.50 bits per heavy atom. The van der Waals surface area contributed by atoms with E-state index in [-0.39, 0.29) is 21.1 Å². The minimum Gasteiger partial charge on any atom is -0.665 e. The molecule has 0 atom stereocenters. The van der Waals surface area contributed by atoms with Crippen molar-refractivity contribution in [2.24, 2.45) is 0 Å². The van der Waals surface area contributed by atoms with E-state index in [1.807, 2.05) is 52.1 Å². The van der Waals surface area contributed by atoms with E-state index < -0.39 is 0 Å². The zero-order valence-corrected chi connectivity index (χ0v) is 15.4. The first-order valence-electron chi connectivity index (χ1n) is 6.49. The molecular formula is C16H21N2OW-. The van der Waals surface area contributed by atoms with Gasteiger partial charge in [-0.05, 0) is 37.1 Å². The third-order valence-corrected chi connectivity index (χ3v) is 2.66. The normalized spacial score (nSPS) is 9.05. The van der Waals surface area contributed by atoms with Gasteiger partial charge in [0, 0.05) is 39.4 Å². The van der Waals surface area contributed by atoms with E-state index in [1.54, 1.807) is 0 Å². The predicted octanol–water partition coefficient (Wildman–Crippen LogP) is 3.88. The number of aryl methyl sites for hydroxylation is 2. The third kappa shape index (κ3) is 5.42. The minimum atomic E-state index is 0. The number of rotatable bonds is 3. The first-order chi connectivity index (χ1) is 9.19. The number of nitrogens with zero attached hydrogens (tertiary/aromatic N) is 2. The molecule has 0 aliphatic heterocycles. The van der Waals surface area contributed by atoms with E-state index in [0.717, 1.165) is 29.3 Å². The molecule has 0 saturated heterocycles. The number of aromatic nitrogens is 2. The summed E-state index contributed by atoms with van der Waals surface area (Å²) in [5.74, 6) is 1.58. The molecule has 1 heterocycles. The van der Waals surface area contributed by atoms with Crippen LogP contribution in [0.4, 0.5) is 0 Å². The van der Waals surface area contributed by atoms with E-state index in [2.05, 4.69) is 23.1 Å². The van der Waals surface area contributed by atoms with Crippen molar-refractivity contribution in [1.82, 2.24) is 9.97 Å². The van der Waals surface area contributed by atoms with Gasteiger partial charge >= 0.3 is 0 Å². The zero-order valence-electron chi connectivity index (χ0n) is 12.5. The number of benzene rings is 1. The summed E-state index contributed by atoms with van der Waals surface area (Å²) >= 11 is 0. The van der Waals surface area contributed by atoms with Crippen LogP contribution in [0, 0.1) is 21.0 Å². The van der Waals surface area contributed by atoms with Gasteiger partial charge in [0.1, 0.15) is 5.82 Å². The maximum atomic E-state index is 4.96. The van der Waals surface area contributed by atoms with E-state index in [0.29, 0.717) is 0 Å². The van der Waals surface area contributed by atoms with Gasteiger partial charge in [0.2, 0.25) is 0 Å². The molecule has 1 aromatic heterocycles. The van der Waals surface area contributed by atoms with Gasteiger partial charge in [-0.3, -0.25) is 0 Å². The third-order valence-electron chi connectivity index (χ3n) is 2.66. The zero-order chi connectivity index (χ0) is 14.3. The van der Waals surface area contributed by atoms with Gasteiger partial charge in [-0.25, -0.2) is 9.97 Å². The molecule has 0 N–H and O–H groups in total. The fourth-order valence-corrected chi connectivity index (χ4v) is 1.75. The monoisotopic (exact) mass is 441 g/mol. The van der Waals surface area contributed by atoms with Crippen molar-refractivity contribution in [1.29, 1.82) is 0 Å². The molecule has 20 heavy (non-hydrogen) atoms. The standard InChI is InChI=1S/C14H15N2O.C2H6.W/c1-10-13(9-15-11(2)16-10)7-12-5-4-6-14(8-12)17-3;1-2;/h4-6,8-9H,3,7H2,1-2H3;1-2H3;/q-1;;. The summed E-state index contributed by atoms with van der Waals surface area (Å²) in [6, 6.07) is 7.88. The molecule has 0 unspecified atom stereocenters. The summed E-state index contributed by atoms with van der Waals surface area (Å²) in [5.41, 5.74) is 3.33. The summed E-state index contributed by atoms with van der Waals surface area (Å²) in [5, 5.41) is 0. The van der Waals surface area contributed by atoms with E-state index in [4.69, 9.17) is 4.74 Å². The van der Waals surface area contributed by atoms with Gasteiger partial charge in [-0.15, -0.1) is 0 Å². The van der Waals surface area contributed by atoms with Gasteiger partial charge in [0.25, 0.3) is 0 Å². The Bertz CT molecular complexity index is 530. The number of hydrogen-bond acceptors (Lipinski definition) is 3. The van der Waals surface area contributed by atoms with Gasteiger partial charge in [0.05, 0.1) is 5.75 Å². The van der Waals surface area contributed by atoms with Gasteiger partial charge in [-0.2, -0.15) is 7.11 Å². The molecule has 0 aliphatic rings. The predicted molar refractivity (Wildman–Crippen MR) is 78.1 cm³/mol. The number of ether oxygens (including phenoxy) is 1. The van der Waals surface area contributed by atoms with Crippen LogP contribution in [0.5, 0.6) is 5.75 Å². The van der Waals surface area contributed by atoms with E-state index in [1.165, 1.54) is 5.56 Å². The summed E-state index contributed by atoms with van der Waals surface area (Å²) < 4.78 is 4.96. The second-order valence-electron chi connectivity index (χ2n) is 4.00. The topological polar surface area (TPSA) is 35.0 Å². The van der Waals surface area contributed by atoms with Crippen LogP contribution in [0.3, 0.4) is 0 Å². The molecular weight excluding hydrogens is 420 g/mol. The van der Waals surface area contributed by atoms with Crippen molar-refractivity contribution in [2.45, 2.75) is 34.1 Å². The van der Waals surface area contributed by atoms with Crippen molar-refractivity contribution >= 4 is 0 Å². The molecule has 0 saturated carbocycles. The molecule has 108 valence electrons. The Kier molecular flexibility index (Phi) is 9.07. The summed E-state index contributed by atoms with van der Waals surface area (Å²) in [6.45, 7) is 7.90. The molecule has 1 aromatic carbocycles. The van der Waals surface area contributed by atoms with Crippen LogP contribution in [-0.2, 0) is 27.5 Å². The molecule has 0 spiro atoms. The van der Waals surface area contributed by atoms with Crippen molar-refractivity contribution in [2.75, 3.05) is 0 Å². The van der Waals surface area contributed by atoms with Crippen molar-refractivity contribution in [3.63, 3.8) is 0 Å². The smallest absolute Gasteiger partial charge is 0.125 e. The van der Waals surface area contributed by atoms with Crippen molar-refractivity contribution in [3.8, 4) is 5.75 Å². The van der Waals surface area contributed by atoms with E-state index >= 15 is 0 Å². The number of hydrogen-bond donors (Lipinski definition) is 0. The maximum Gasteiger partial charge on any atom is 0.125 e. The second-order valence-corrected chi connectivity index (χ2v) is 4.00. The Morgan fingerprint density at radius 2 is 1.90 bits per heavy atom. The average molecular weight is 441 g/mol. The Balaban J connectivity index is 0.00000115.